The topological polar surface area (TPSA) is 139 Å². The maximum absolute atomic E-state index is 7.56. The van der Waals surface area contributed by atoms with Gasteiger partial charge in [0, 0.05) is 0 Å². The first-order valence-electron chi connectivity index (χ1n) is 37.1. The number of rotatable bonds is 66. The van der Waals surface area contributed by atoms with E-state index in [1.54, 1.807) is 0 Å². The van der Waals surface area contributed by atoms with Crippen molar-refractivity contribution >= 4 is 18.5 Å². The van der Waals surface area contributed by atoms with Gasteiger partial charge in [-0.1, -0.05) is 425 Å². The van der Waals surface area contributed by atoms with Gasteiger partial charge in [0.2, 0.25) is 0 Å². The summed E-state index contributed by atoms with van der Waals surface area (Å²) in [6.45, 7) is 5.71. The molecule has 0 atom stereocenters. The summed E-state index contributed by atoms with van der Waals surface area (Å²) in [7, 11) is 0. The minimum absolute atomic E-state index is 0.874. The lowest BCUT2D eigenvalue weighted by Crippen LogP contribution is -1.97. The molecule has 80 heavy (non-hydrogen) atoms. The zero-order chi connectivity index (χ0) is 59.3. The van der Waals surface area contributed by atoms with E-state index in [-0.39, 0.29) is 0 Å². The highest BCUT2D eigenvalue weighted by Gasteiger charge is 2.00. The Morgan fingerprint density at radius 1 is 0.175 bits per heavy atom. The van der Waals surface area contributed by atoms with Gasteiger partial charge in [-0.3, -0.25) is 0 Å². The molecule has 8 heteroatoms. The van der Waals surface area contributed by atoms with Gasteiger partial charge >= 0.3 is 6.72 Å². The van der Waals surface area contributed by atoms with Gasteiger partial charge in [-0.05, 0) is 50.7 Å². The summed E-state index contributed by atoms with van der Waals surface area (Å²) in [5, 5.41) is 0. The van der Waals surface area contributed by atoms with E-state index in [1.807, 2.05) is 0 Å². The molecule has 0 spiro atoms. The number of hydrogen-bond donors (Lipinski definition) is 6. The molecule has 0 rings (SSSR count). The normalized spacial score (nSPS) is 11.3. The van der Waals surface area contributed by atoms with Crippen LogP contribution in [-0.2, 0) is 11.8 Å². The number of nitrogens with two attached hydrogens (primary N) is 3. The lowest BCUT2D eigenvalue weighted by molar-refractivity contribution is 0.363. The van der Waals surface area contributed by atoms with E-state index in [0.29, 0.717) is 0 Å². The molecule has 0 saturated carbocycles. The lowest BCUT2D eigenvalue weighted by Gasteiger charge is -2.04. The van der Waals surface area contributed by atoms with Crippen LogP contribution < -0.4 is 17.2 Å². The first-order valence-corrected chi connectivity index (χ1v) is 39.8. The monoisotopic (exact) mass is 1170 g/mol. The lowest BCUT2D eigenvalue weighted by atomic mass is 10.0. The molecule has 0 unspecified atom stereocenters. The Hall–Kier alpha value is 0.410. The second kappa shape index (κ2) is 85.9. The molecule has 0 heterocycles. The average Bonchev–Trinajstić information content (AvgIpc) is 3.44. The van der Waals surface area contributed by atoms with Crippen LogP contribution >= 0.6 is 6.72 Å². The van der Waals surface area contributed by atoms with E-state index in [4.69, 9.17) is 31.9 Å². The van der Waals surface area contributed by atoms with Crippen LogP contribution in [0.5, 0.6) is 0 Å². The Morgan fingerprint density at radius 3 is 0.300 bits per heavy atom. The summed E-state index contributed by atoms with van der Waals surface area (Å²) in [5.41, 5.74) is 16.5. The molecule has 0 fully saturated rings. The molecule has 0 aliphatic rings. The Bertz CT molecular complexity index is 852. The van der Waals surface area contributed by atoms with E-state index < -0.39 is 6.72 Å². The maximum Gasteiger partial charge on any atom is 0.319 e. The summed E-state index contributed by atoms with van der Waals surface area (Å²) < 4.78 is 0. The number of unbranched alkanes of at least 4 members (excludes halogenated alkanes) is 63. The van der Waals surface area contributed by atoms with Crippen LogP contribution in [0.15, 0.2) is 0 Å². The molecule has 0 aromatic carbocycles. The molecule has 6 nitrogen and oxygen atoms in total. The maximum atomic E-state index is 7.56. The highest BCUT2D eigenvalue weighted by Crippen LogP contribution is 2.26. The molecule has 9 N–H and O–H groups in total. The van der Waals surface area contributed by atoms with Crippen LogP contribution in [0.3, 0.4) is 0 Å². The van der Waals surface area contributed by atoms with E-state index in [2.05, 4.69) is 32.6 Å². The number of hydrogen-bond acceptors (Lipinski definition) is 4. The fourth-order valence-corrected chi connectivity index (χ4v) is 11.3. The van der Waals surface area contributed by atoms with Crippen LogP contribution in [0.4, 0.5) is 0 Å². The van der Waals surface area contributed by atoms with Crippen molar-refractivity contribution < 1.29 is 14.7 Å². The second-order valence-electron chi connectivity index (χ2n) is 25.2. The van der Waals surface area contributed by atoms with Crippen LogP contribution in [0, 0.1) is 0 Å². The quantitative estimate of drug-likeness (QED) is 0.0263. The minimum Gasteiger partial charge on any atom is -0.330 e. The Morgan fingerprint density at radius 2 is 0.237 bits per heavy atom. The Kier molecular flexibility index (Phi) is 93.2. The van der Waals surface area contributed by atoms with E-state index in [1.165, 1.54) is 424 Å². The van der Waals surface area contributed by atoms with Crippen LogP contribution in [0.1, 0.15) is 445 Å². The molecule has 0 aliphatic carbocycles. The van der Waals surface area contributed by atoms with E-state index in [0.717, 1.165) is 19.6 Å². The van der Waals surface area contributed by atoms with Gasteiger partial charge in [-0.25, -0.2) is 0 Å². The third kappa shape index (κ3) is 107. The van der Waals surface area contributed by atoms with Crippen molar-refractivity contribution in [2.75, 3.05) is 19.6 Å². The van der Waals surface area contributed by atoms with Crippen LogP contribution in [-0.4, -0.2) is 34.3 Å². The molecule has 0 radical (unpaired) electrons. The molecule has 0 bridgehead atoms. The minimum atomic E-state index is -3.81. The fraction of sp³-hybridized carbons (Fsp3) is 1.00. The molecule has 0 aromatic heterocycles. The molecule has 0 amide bonds. The van der Waals surface area contributed by atoms with E-state index in [9.17, 15) is 0 Å². The van der Waals surface area contributed by atoms with Gasteiger partial charge < -0.3 is 31.9 Å². The second-order valence-corrected chi connectivity index (χ2v) is 27.6. The van der Waals surface area contributed by atoms with Crippen molar-refractivity contribution in [1.82, 2.24) is 0 Å². The smallest absolute Gasteiger partial charge is 0.319 e. The summed E-state index contributed by atoms with van der Waals surface area (Å²) in [4.78, 5) is 22.7. The average molecular weight is 1180 g/mol. The SMILES string of the molecule is CCCCCCCCCCCCCCCCCCCCCCCCN.CCCCCCCCCCCCCCCCCCCCCCCCN.CCCCCCCCCCCCCCCCCCCCCCCCN.OP(O)(O)=S. The highest BCUT2D eigenvalue weighted by molar-refractivity contribution is 8.06. The molecule has 488 valence electrons. The predicted molar refractivity (Wildman–Crippen MR) is 370 cm³/mol. The molecule has 0 aliphatic heterocycles. The molecule has 0 saturated heterocycles. The zero-order valence-electron chi connectivity index (χ0n) is 55.7. The predicted octanol–water partition coefficient (Wildman–Crippen LogP) is 24.8. The van der Waals surface area contributed by atoms with Crippen molar-refractivity contribution in [2.24, 2.45) is 17.2 Å². The Labute approximate surface area is 511 Å². The summed E-state index contributed by atoms with van der Waals surface area (Å²) in [6, 6.07) is 0. The summed E-state index contributed by atoms with van der Waals surface area (Å²) >= 11 is 3.60. The van der Waals surface area contributed by atoms with Crippen molar-refractivity contribution in [3.63, 3.8) is 0 Å². The largest absolute Gasteiger partial charge is 0.330 e. The van der Waals surface area contributed by atoms with Crippen LogP contribution in [0.25, 0.3) is 0 Å². The molecular weight excluding hydrogens is 1020 g/mol. The van der Waals surface area contributed by atoms with Gasteiger partial charge in [0.05, 0.1) is 0 Å². The van der Waals surface area contributed by atoms with Gasteiger partial charge in [-0.2, -0.15) is 0 Å². The van der Waals surface area contributed by atoms with Crippen LogP contribution in [0.2, 0.25) is 0 Å². The highest BCUT2D eigenvalue weighted by atomic mass is 32.5. The van der Waals surface area contributed by atoms with Gasteiger partial charge in [0.15, 0.2) is 0 Å². The van der Waals surface area contributed by atoms with E-state index >= 15 is 0 Å². The van der Waals surface area contributed by atoms with Crippen molar-refractivity contribution in [3.8, 4) is 0 Å². The third-order valence-electron chi connectivity index (χ3n) is 16.7. The van der Waals surface area contributed by atoms with Crippen molar-refractivity contribution in [2.45, 2.75) is 445 Å². The summed E-state index contributed by atoms with van der Waals surface area (Å²) in [5.74, 6) is 0. The van der Waals surface area contributed by atoms with Gasteiger partial charge in [-0.15, -0.1) is 0 Å². The van der Waals surface area contributed by atoms with Crippen molar-refractivity contribution in [3.05, 3.63) is 0 Å². The fourth-order valence-electron chi connectivity index (χ4n) is 11.3. The van der Waals surface area contributed by atoms with Crippen molar-refractivity contribution in [1.29, 1.82) is 0 Å². The zero-order valence-corrected chi connectivity index (χ0v) is 57.4. The van der Waals surface area contributed by atoms with Gasteiger partial charge in [0.1, 0.15) is 0 Å². The first-order chi connectivity index (χ1) is 39.2. The Balaban J connectivity index is -0.000000518. The van der Waals surface area contributed by atoms with Gasteiger partial charge in [0.25, 0.3) is 0 Å². The standard InChI is InChI=1S/3C24H51N.H3O3PS/c3*1-2-3-4-5-6-7-8-9-10-11-12-13-14-15-16-17-18-19-20-21-22-23-24-25;1-4(2,3)5/h3*2-25H2,1H3;(H3,1,2,3,5). The first kappa shape index (κ1) is 86.8. The molecule has 0 aromatic rings. The third-order valence-corrected chi connectivity index (χ3v) is 16.7. The molecular formula is C72H156N3O3PS. The summed E-state index contributed by atoms with van der Waals surface area (Å²) in [6.07, 6.45) is 95.4.